The zero-order chi connectivity index (χ0) is 25.4. The topological polar surface area (TPSA) is 104 Å². The molecule has 3 N–H and O–H groups in total. The fourth-order valence-corrected chi connectivity index (χ4v) is 9.36. The molecule has 0 radical (unpaired) electrons. The molecule has 0 saturated heterocycles. The number of aliphatic hydroxyl groups excluding tert-OH is 2. The molecule has 0 amide bonds. The lowest BCUT2D eigenvalue weighted by atomic mass is 9.43. The third kappa shape index (κ3) is 5.30. The Labute approximate surface area is 211 Å². The van der Waals surface area contributed by atoms with Crippen molar-refractivity contribution in [1.82, 2.24) is 0 Å². The lowest BCUT2D eigenvalue weighted by Crippen LogP contribution is -2.58. The molecular weight excluding hydrogens is 444 g/mol. The van der Waals surface area contributed by atoms with Crippen molar-refractivity contribution in [1.29, 1.82) is 0 Å². The van der Waals surface area contributed by atoms with Gasteiger partial charge in [-0.15, -0.1) is 0 Å². The Morgan fingerprint density at radius 3 is 2.40 bits per heavy atom. The van der Waals surface area contributed by atoms with E-state index in [0.717, 1.165) is 32.1 Å². The zero-order valence-corrected chi connectivity index (χ0v) is 22.1. The summed E-state index contributed by atoms with van der Waals surface area (Å²) in [6.07, 6.45) is 10.5. The molecule has 6 nitrogen and oxygen atoms in total. The minimum Gasteiger partial charge on any atom is -0.481 e. The molecule has 0 aromatic carbocycles. The van der Waals surface area contributed by atoms with Crippen molar-refractivity contribution in [3.05, 3.63) is 0 Å². The Morgan fingerprint density at radius 2 is 1.66 bits per heavy atom. The molecule has 10 atom stereocenters. The summed E-state index contributed by atoms with van der Waals surface area (Å²) in [4.78, 5) is 22.8. The van der Waals surface area contributed by atoms with Crippen LogP contribution in [-0.4, -0.2) is 46.1 Å². The van der Waals surface area contributed by atoms with Crippen molar-refractivity contribution < 1.29 is 29.6 Å². The van der Waals surface area contributed by atoms with E-state index in [2.05, 4.69) is 20.8 Å². The van der Waals surface area contributed by atoms with Crippen molar-refractivity contribution in [2.75, 3.05) is 6.61 Å². The number of carbonyl (C=O) groups is 2. The van der Waals surface area contributed by atoms with Gasteiger partial charge in [0.25, 0.3) is 0 Å². The Bertz CT molecular complexity index is 768. The molecule has 6 heteroatoms. The number of hydrogen-bond acceptors (Lipinski definition) is 5. The van der Waals surface area contributed by atoms with E-state index in [1.54, 1.807) is 0 Å². The third-order valence-electron chi connectivity index (χ3n) is 11.3. The highest BCUT2D eigenvalue weighted by molar-refractivity contribution is 5.69. The third-order valence-corrected chi connectivity index (χ3v) is 11.3. The van der Waals surface area contributed by atoms with Crippen molar-refractivity contribution in [3.63, 3.8) is 0 Å². The predicted octanol–water partition coefficient (Wildman–Crippen LogP) is 5.19. The number of aliphatic carboxylic acids is 1. The summed E-state index contributed by atoms with van der Waals surface area (Å²) in [5, 5.41) is 30.4. The van der Waals surface area contributed by atoms with Crippen LogP contribution in [0.2, 0.25) is 0 Å². The first-order valence-corrected chi connectivity index (χ1v) is 14.3. The second-order valence-corrected chi connectivity index (χ2v) is 13.0. The van der Waals surface area contributed by atoms with Gasteiger partial charge in [-0.2, -0.15) is 0 Å². The average molecular weight is 493 g/mol. The van der Waals surface area contributed by atoms with Gasteiger partial charge in [0.05, 0.1) is 18.8 Å². The summed E-state index contributed by atoms with van der Waals surface area (Å²) in [6.45, 7) is 7.52. The van der Waals surface area contributed by atoms with Crippen molar-refractivity contribution in [3.8, 4) is 0 Å². The first kappa shape index (κ1) is 26.9. The summed E-state index contributed by atoms with van der Waals surface area (Å²) >= 11 is 0. The van der Waals surface area contributed by atoms with Gasteiger partial charge < -0.3 is 20.1 Å². The van der Waals surface area contributed by atoms with Crippen LogP contribution in [0.25, 0.3) is 0 Å². The van der Waals surface area contributed by atoms with Crippen molar-refractivity contribution in [2.24, 2.45) is 46.3 Å². The maximum atomic E-state index is 12.3. The molecule has 4 fully saturated rings. The lowest BCUT2D eigenvalue weighted by molar-refractivity contribution is -0.174. The van der Waals surface area contributed by atoms with E-state index in [9.17, 15) is 19.8 Å². The van der Waals surface area contributed by atoms with Gasteiger partial charge in [0.15, 0.2) is 0 Å². The monoisotopic (exact) mass is 492 g/mol. The summed E-state index contributed by atoms with van der Waals surface area (Å²) in [7, 11) is 0. The standard InChI is InChI=1S/C29H48O6/c1-18(7-10-26(34)35-15-5-4-6-25(32)33)21-8-9-22-27-23(12-14-29(21,22)3)28(2)13-11-20(30)16-19(28)17-24(27)31/h18-24,27,30-31H,4-17H2,1-3H3,(H,32,33)/t18-,19+,20-,21-,22+,23+,24+,27+,28+,29-/m1/s1. The van der Waals surface area contributed by atoms with Crippen LogP contribution in [0.1, 0.15) is 104 Å². The van der Waals surface area contributed by atoms with Gasteiger partial charge in [-0.05, 0) is 117 Å². The van der Waals surface area contributed by atoms with Crippen LogP contribution in [0.5, 0.6) is 0 Å². The number of fused-ring (bicyclic) bond motifs is 5. The summed E-state index contributed by atoms with van der Waals surface area (Å²) in [5.41, 5.74) is 0.474. The number of hydrogen-bond donors (Lipinski definition) is 3. The molecular formula is C29H48O6. The molecule has 0 aromatic heterocycles. The second-order valence-electron chi connectivity index (χ2n) is 13.0. The van der Waals surface area contributed by atoms with E-state index >= 15 is 0 Å². The number of aliphatic hydroxyl groups is 2. The number of rotatable bonds is 9. The predicted molar refractivity (Wildman–Crippen MR) is 133 cm³/mol. The minimum atomic E-state index is -0.810. The maximum absolute atomic E-state index is 12.3. The maximum Gasteiger partial charge on any atom is 0.305 e. The molecule has 4 aliphatic rings. The fourth-order valence-electron chi connectivity index (χ4n) is 9.36. The van der Waals surface area contributed by atoms with Crippen LogP contribution in [-0.2, 0) is 14.3 Å². The van der Waals surface area contributed by atoms with Crippen molar-refractivity contribution in [2.45, 2.75) is 116 Å². The van der Waals surface area contributed by atoms with Crippen LogP contribution >= 0.6 is 0 Å². The van der Waals surface area contributed by atoms with E-state index in [-0.39, 0.29) is 35.4 Å². The van der Waals surface area contributed by atoms with Gasteiger partial charge >= 0.3 is 11.9 Å². The normalized spacial score (nSPS) is 43.5. The van der Waals surface area contributed by atoms with Crippen molar-refractivity contribution >= 4 is 11.9 Å². The molecule has 4 aliphatic carbocycles. The van der Waals surface area contributed by atoms with E-state index in [4.69, 9.17) is 9.84 Å². The SMILES string of the molecule is C[C@H](CCC(=O)OCCCCC(=O)O)[C@H]1CC[C@H]2[C@@H]3[C@@H](O)C[C@@H]4C[C@H](O)CC[C@]4(C)[C@H]3CC[C@]12C. The molecule has 0 spiro atoms. The van der Waals surface area contributed by atoms with Gasteiger partial charge in [0.2, 0.25) is 0 Å². The Hall–Kier alpha value is -1.14. The number of carbonyl (C=O) groups excluding carboxylic acids is 1. The minimum absolute atomic E-state index is 0.119. The molecule has 0 bridgehead atoms. The largest absolute Gasteiger partial charge is 0.481 e. The van der Waals surface area contributed by atoms with Crippen LogP contribution in [0.15, 0.2) is 0 Å². The molecule has 0 aliphatic heterocycles. The van der Waals surface area contributed by atoms with Crippen LogP contribution < -0.4 is 0 Å². The molecule has 35 heavy (non-hydrogen) atoms. The number of carboxylic acid groups (broad SMARTS) is 1. The summed E-state index contributed by atoms with van der Waals surface area (Å²) in [5.74, 6) is 1.96. The molecule has 4 rings (SSSR count). The van der Waals surface area contributed by atoms with Crippen LogP contribution in [0.3, 0.4) is 0 Å². The first-order chi connectivity index (χ1) is 16.6. The van der Waals surface area contributed by atoms with E-state index < -0.39 is 5.97 Å². The van der Waals surface area contributed by atoms with E-state index in [0.29, 0.717) is 61.4 Å². The lowest BCUT2D eigenvalue weighted by Gasteiger charge is -2.62. The Kier molecular flexibility index (Phi) is 8.22. The van der Waals surface area contributed by atoms with Crippen LogP contribution in [0, 0.1) is 46.3 Å². The fraction of sp³-hybridized carbons (Fsp3) is 0.931. The van der Waals surface area contributed by atoms with E-state index in [1.165, 1.54) is 25.7 Å². The molecule has 4 saturated carbocycles. The first-order valence-electron chi connectivity index (χ1n) is 14.3. The second kappa shape index (κ2) is 10.7. The quantitative estimate of drug-likeness (QED) is 0.302. The van der Waals surface area contributed by atoms with Gasteiger partial charge in [-0.1, -0.05) is 20.8 Å². The van der Waals surface area contributed by atoms with Gasteiger partial charge in [-0.3, -0.25) is 9.59 Å². The van der Waals surface area contributed by atoms with Gasteiger partial charge in [-0.25, -0.2) is 0 Å². The van der Waals surface area contributed by atoms with Crippen LogP contribution in [0.4, 0.5) is 0 Å². The van der Waals surface area contributed by atoms with E-state index in [1.807, 2.05) is 0 Å². The number of ether oxygens (including phenoxy) is 1. The highest BCUT2D eigenvalue weighted by Gasteiger charge is 2.62. The van der Waals surface area contributed by atoms with Gasteiger partial charge in [0.1, 0.15) is 0 Å². The highest BCUT2D eigenvalue weighted by Crippen LogP contribution is 2.68. The molecule has 0 heterocycles. The molecule has 0 aromatic rings. The molecule has 0 unspecified atom stereocenters. The number of unbranched alkanes of at least 4 members (excludes halogenated alkanes) is 1. The van der Waals surface area contributed by atoms with Gasteiger partial charge in [0, 0.05) is 12.8 Å². The average Bonchev–Trinajstić information content (AvgIpc) is 3.15. The Morgan fingerprint density at radius 1 is 0.943 bits per heavy atom. The Balaban J connectivity index is 1.33. The summed E-state index contributed by atoms with van der Waals surface area (Å²) in [6, 6.07) is 0. The smallest absolute Gasteiger partial charge is 0.305 e. The number of carboxylic acids is 1. The zero-order valence-electron chi connectivity index (χ0n) is 22.1. The molecule has 200 valence electrons. The number of esters is 1. The summed E-state index contributed by atoms with van der Waals surface area (Å²) < 4.78 is 5.34. The highest BCUT2D eigenvalue weighted by atomic mass is 16.5.